The second-order valence-corrected chi connectivity index (χ2v) is 8.76. The molecule has 3 aromatic carbocycles. The Kier molecular flexibility index (Phi) is 6.46. The number of benzene rings is 3. The number of nitrogens with zero attached hydrogens (tertiary/aromatic N) is 2. The van der Waals surface area contributed by atoms with Crippen LogP contribution in [0.3, 0.4) is 0 Å². The highest BCUT2D eigenvalue weighted by atomic mass is 32.1. The van der Waals surface area contributed by atoms with Crippen LogP contribution in [0.25, 0.3) is 23.0 Å². The molecule has 0 atom stereocenters. The highest BCUT2D eigenvalue weighted by molar-refractivity contribution is 7.10. The van der Waals surface area contributed by atoms with Crippen LogP contribution in [-0.4, -0.2) is 21.5 Å². The topological polar surface area (TPSA) is 64.0 Å². The second-order valence-electron chi connectivity index (χ2n) is 7.78. The summed E-state index contributed by atoms with van der Waals surface area (Å²) in [5, 5.41) is 9.60. The van der Waals surface area contributed by atoms with Gasteiger partial charge in [0.25, 0.3) is 5.91 Å². The van der Waals surface area contributed by atoms with Crippen molar-refractivity contribution in [1.29, 1.82) is 0 Å². The number of carbonyl (C=O) groups excluding carboxylic acids is 2. The molecule has 170 valence electrons. The number of amides is 1. The van der Waals surface area contributed by atoms with Crippen molar-refractivity contribution >= 4 is 34.8 Å². The van der Waals surface area contributed by atoms with Gasteiger partial charge in [0.1, 0.15) is 5.69 Å². The van der Waals surface area contributed by atoms with Crippen LogP contribution in [0.1, 0.15) is 25.6 Å². The Morgan fingerprint density at radius 1 is 0.829 bits per heavy atom. The van der Waals surface area contributed by atoms with E-state index >= 15 is 0 Å². The fourth-order valence-corrected chi connectivity index (χ4v) is 4.24. The number of para-hydroxylation sites is 1. The summed E-state index contributed by atoms with van der Waals surface area (Å²) < 4.78 is 1.71. The van der Waals surface area contributed by atoms with Gasteiger partial charge in [0.15, 0.2) is 5.78 Å². The van der Waals surface area contributed by atoms with Crippen LogP contribution in [-0.2, 0) is 0 Å². The summed E-state index contributed by atoms with van der Waals surface area (Å²) in [6.45, 7) is 0. The number of rotatable bonds is 7. The highest BCUT2D eigenvalue weighted by Crippen LogP contribution is 2.25. The second kappa shape index (κ2) is 10.2. The molecule has 5 nitrogen and oxygen atoms in total. The fourth-order valence-electron chi connectivity index (χ4n) is 3.62. The van der Waals surface area contributed by atoms with E-state index < -0.39 is 0 Å². The van der Waals surface area contributed by atoms with Gasteiger partial charge in [-0.05, 0) is 60.0 Å². The normalized spacial score (nSPS) is 11.0. The Labute approximate surface area is 207 Å². The summed E-state index contributed by atoms with van der Waals surface area (Å²) in [7, 11) is 0. The van der Waals surface area contributed by atoms with E-state index in [1.807, 2.05) is 78.2 Å². The Balaban J connectivity index is 1.37. The standard InChI is InChI=1S/C29H21N3O2S/c33-27(18-17-25-12-7-19-35-25)21-13-15-23(16-14-21)30-29(34)26-20-32(24-10-5-2-6-11-24)31-28(26)22-8-3-1-4-9-22/h1-20H,(H,30,34)/b18-17+. The molecule has 0 aliphatic rings. The van der Waals surface area contributed by atoms with Crippen LogP contribution in [0.4, 0.5) is 5.69 Å². The zero-order valence-corrected chi connectivity index (χ0v) is 19.5. The average Bonchev–Trinajstić information content (AvgIpc) is 3.59. The monoisotopic (exact) mass is 475 g/mol. The van der Waals surface area contributed by atoms with Crippen LogP contribution in [0.15, 0.2) is 115 Å². The van der Waals surface area contributed by atoms with Gasteiger partial charge < -0.3 is 5.32 Å². The quantitative estimate of drug-likeness (QED) is 0.209. The van der Waals surface area contributed by atoms with Crippen LogP contribution in [0.5, 0.6) is 0 Å². The molecular weight excluding hydrogens is 454 g/mol. The third kappa shape index (κ3) is 5.18. The van der Waals surface area contributed by atoms with Crippen molar-refractivity contribution in [1.82, 2.24) is 9.78 Å². The van der Waals surface area contributed by atoms with Crippen molar-refractivity contribution in [3.05, 3.63) is 131 Å². The van der Waals surface area contributed by atoms with Crippen LogP contribution >= 0.6 is 11.3 Å². The maximum atomic E-state index is 13.3. The molecule has 5 rings (SSSR count). The largest absolute Gasteiger partial charge is 0.322 e. The first-order valence-corrected chi connectivity index (χ1v) is 11.9. The maximum absolute atomic E-state index is 13.3. The number of nitrogens with one attached hydrogen (secondary N) is 1. The summed E-state index contributed by atoms with van der Waals surface area (Å²) in [4.78, 5) is 26.7. The number of hydrogen-bond acceptors (Lipinski definition) is 4. The first kappa shape index (κ1) is 22.3. The molecule has 6 heteroatoms. The molecule has 2 aromatic heterocycles. The smallest absolute Gasteiger partial charge is 0.259 e. The van der Waals surface area contributed by atoms with E-state index in [4.69, 9.17) is 5.10 Å². The number of carbonyl (C=O) groups is 2. The van der Waals surface area contributed by atoms with Gasteiger partial charge in [-0.3, -0.25) is 9.59 Å². The molecule has 5 aromatic rings. The molecule has 0 aliphatic heterocycles. The summed E-state index contributed by atoms with van der Waals surface area (Å²) in [6.07, 6.45) is 5.10. The Morgan fingerprint density at radius 3 is 2.23 bits per heavy atom. The predicted molar refractivity (Wildman–Crippen MR) is 141 cm³/mol. The molecule has 2 heterocycles. The summed E-state index contributed by atoms with van der Waals surface area (Å²) >= 11 is 1.57. The average molecular weight is 476 g/mol. The summed E-state index contributed by atoms with van der Waals surface area (Å²) in [6, 6.07) is 30.1. The van der Waals surface area contributed by atoms with Gasteiger partial charge in [0.05, 0.1) is 11.3 Å². The molecule has 0 aliphatic carbocycles. The predicted octanol–water partition coefficient (Wildman–Crippen LogP) is 6.75. The number of thiophene rings is 1. The minimum Gasteiger partial charge on any atom is -0.322 e. The van der Waals surface area contributed by atoms with Crippen molar-refractivity contribution in [3.8, 4) is 16.9 Å². The lowest BCUT2D eigenvalue weighted by atomic mass is 10.1. The van der Waals surface area contributed by atoms with Crippen molar-refractivity contribution in [2.45, 2.75) is 0 Å². The lowest BCUT2D eigenvalue weighted by Gasteiger charge is -2.06. The molecule has 0 fully saturated rings. The first-order chi connectivity index (χ1) is 17.2. The van der Waals surface area contributed by atoms with Gasteiger partial charge in [-0.15, -0.1) is 11.3 Å². The molecular formula is C29H21N3O2S. The zero-order chi connectivity index (χ0) is 24.0. The molecule has 0 radical (unpaired) electrons. The minimum absolute atomic E-state index is 0.0909. The van der Waals surface area contributed by atoms with E-state index in [0.29, 0.717) is 22.5 Å². The van der Waals surface area contributed by atoms with Crippen molar-refractivity contribution in [3.63, 3.8) is 0 Å². The lowest BCUT2D eigenvalue weighted by molar-refractivity contribution is 0.102. The van der Waals surface area contributed by atoms with E-state index in [0.717, 1.165) is 16.1 Å². The number of aromatic nitrogens is 2. The lowest BCUT2D eigenvalue weighted by Crippen LogP contribution is -2.12. The number of ketones is 1. The summed E-state index contributed by atoms with van der Waals surface area (Å²) in [5.41, 5.74) is 3.92. The van der Waals surface area contributed by atoms with E-state index in [-0.39, 0.29) is 11.7 Å². The first-order valence-electron chi connectivity index (χ1n) is 11.1. The van der Waals surface area contributed by atoms with Gasteiger partial charge in [-0.1, -0.05) is 54.6 Å². The number of hydrogen-bond donors (Lipinski definition) is 1. The Morgan fingerprint density at radius 2 is 1.54 bits per heavy atom. The van der Waals surface area contributed by atoms with E-state index in [1.165, 1.54) is 0 Å². The van der Waals surface area contributed by atoms with E-state index in [2.05, 4.69) is 5.32 Å². The minimum atomic E-state index is -0.275. The number of allylic oxidation sites excluding steroid dienone is 1. The maximum Gasteiger partial charge on any atom is 0.259 e. The molecule has 0 spiro atoms. The fraction of sp³-hybridized carbons (Fsp3) is 0. The van der Waals surface area contributed by atoms with Crippen LogP contribution < -0.4 is 5.32 Å². The molecule has 35 heavy (non-hydrogen) atoms. The van der Waals surface area contributed by atoms with Crippen molar-refractivity contribution in [2.75, 3.05) is 5.32 Å². The Hall–Kier alpha value is -4.55. The third-order valence-corrected chi connectivity index (χ3v) is 6.23. The van der Waals surface area contributed by atoms with Gasteiger partial charge in [0, 0.05) is 27.9 Å². The third-order valence-electron chi connectivity index (χ3n) is 5.40. The van der Waals surface area contributed by atoms with Gasteiger partial charge in [0.2, 0.25) is 0 Å². The van der Waals surface area contributed by atoms with Crippen molar-refractivity contribution < 1.29 is 9.59 Å². The highest BCUT2D eigenvalue weighted by Gasteiger charge is 2.19. The van der Waals surface area contributed by atoms with Gasteiger partial charge in [-0.25, -0.2) is 4.68 Å². The number of anilines is 1. The Bertz CT molecular complexity index is 1470. The zero-order valence-electron chi connectivity index (χ0n) is 18.7. The molecule has 0 saturated carbocycles. The van der Waals surface area contributed by atoms with Crippen LogP contribution in [0, 0.1) is 0 Å². The van der Waals surface area contributed by atoms with Crippen molar-refractivity contribution in [2.24, 2.45) is 0 Å². The molecule has 0 saturated heterocycles. The SMILES string of the molecule is O=C(/C=C/c1cccs1)c1ccc(NC(=O)c2cn(-c3ccccc3)nc2-c2ccccc2)cc1. The van der Waals surface area contributed by atoms with Gasteiger partial charge in [-0.2, -0.15) is 5.10 Å². The molecule has 0 bridgehead atoms. The molecule has 1 N–H and O–H groups in total. The molecule has 0 unspecified atom stereocenters. The van der Waals surface area contributed by atoms with Gasteiger partial charge >= 0.3 is 0 Å². The van der Waals surface area contributed by atoms with Crippen LogP contribution in [0.2, 0.25) is 0 Å². The van der Waals surface area contributed by atoms with E-state index in [9.17, 15) is 9.59 Å². The van der Waals surface area contributed by atoms with E-state index in [1.54, 1.807) is 58.6 Å². The molecule has 1 amide bonds. The summed E-state index contributed by atoms with van der Waals surface area (Å²) in [5.74, 6) is -0.366.